The zero-order chi connectivity index (χ0) is 27.9. The molecule has 1 aliphatic rings. The number of nitrogen functional groups attached to an aromatic ring is 1. The molecule has 0 saturated carbocycles. The number of benzene rings is 1. The van der Waals surface area contributed by atoms with Crippen molar-refractivity contribution < 1.29 is 27.4 Å². The molecule has 1 fully saturated rings. The lowest BCUT2D eigenvalue weighted by molar-refractivity contribution is -0.0529. The number of methoxy groups -OCH3 is 1. The van der Waals surface area contributed by atoms with Crippen LogP contribution in [0.4, 0.5) is 29.1 Å². The van der Waals surface area contributed by atoms with Crippen LogP contribution in [0.25, 0.3) is 22.4 Å². The average molecular weight is 547 g/mol. The molecule has 1 aliphatic heterocycles. The normalized spacial score (nSPS) is 18.6. The van der Waals surface area contributed by atoms with E-state index in [1.165, 1.54) is 42.7 Å². The van der Waals surface area contributed by atoms with Crippen LogP contribution in [0, 0.1) is 11.6 Å². The SMILES string of the molecule is COc1ccc(-c2ncc(N3CCC[C@](N)([C@H](O)C(F)F)C3)c(Cn3cnc4c(N)ncnc43)c2F)c(F)c1. The summed E-state index contributed by atoms with van der Waals surface area (Å²) in [5, 5.41) is 10.1. The maximum absolute atomic E-state index is 16.3. The van der Waals surface area contributed by atoms with Crippen LogP contribution < -0.4 is 21.1 Å². The molecule has 10 nitrogen and oxygen atoms in total. The first kappa shape index (κ1) is 26.6. The molecule has 39 heavy (non-hydrogen) atoms. The van der Waals surface area contributed by atoms with Crippen LogP contribution in [0.1, 0.15) is 18.4 Å². The Morgan fingerprint density at radius 3 is 2.69 bits per heavy atom. The Hall–Kier alpha value is -4.04. The second-order valence-electron chi connectivity index (χ2n) is 9.47. The van der Waals surface area contributed by atoms with Crippen molar-refractivity contribution >= 4 is 22.7 Å². The molecular weight excluding hydrogens is 520 g/mol. The van der Waals surface area contributed by atoms with Crippen LogP contribution in [-0.2, 0) is 6.54 Å². The summed E-state index contributed by atoms with van der Waals surface area (Å²) < 4.78 is 64.6. The molecular formula is C25H26F4N8O2. The van der Waals surface area contributed by atoms with E-state index in [1.807, 2.05) is 0 Å². The van der Waals surface area contributed by atoms with Gasteiger partial charge in [0.1, 0.15) is 35.2 Å². The number of anilines is 2. The number of aliphatic hydroxyl groups excluding tert-OH is 1. The van der Waals surface area contributed by atoms with E-state index in [4.69, 9.17) is 16.2 Å². The number of nitrogens with two attached hydrogens (primary N) is 2. The molecule has 0 amide bonds. The quantitative estimate of drug-likeness (QED) is 0.298. The van der Waals surface area contributed by atoms with Crippen LogP contribution in [0.15, 0.2) is 37.1 Å². The van der Waals surface area contributed by atoms with Gasteiger partial charge in [0.2, 0.25) is 0 Å². The number of rotatable bonds is 7. The number of aliphatic hydroxyl groups is 1. The highest BCUT2D eigenvalue weighted by Gasteiger charge is 2.43. The molecule has 0 unspecified atom stereocenters. The Balaban J connectivity index is 1.63. The Kier molecular flexibility index (Phi) is 6.99. The van der Waals surface area contributed by atoms with Crippen molar-refractivity contribution in [1.29, 1.82) is 0 Å². The number of alkyl halides is 2. The molecule has 206 valence electrons. The Bertz CT molecular complexity index is 1520. The van der Waals surface area contributed by atoms with Gasteiger partial charge in [0.25, 0.3) is 6.43 Å². The van der Waals surface area contributed by atoms with Crippen molar-refractivity contribution in [3.63, 3.8) is 0 Å². The van der Waals surface area contributed by atoms with E-state index < -0.39 is 29.7 Å². The summed E-state index contributed by atoms with van der Waals surface area (Å²) in [6.07, 6.45) is -0.598. The summed E-state index contributed by atoms with van der Waals surface area (Å²) in [6.45, 7) is 0.0363. The van der Waals surface area contributed by atoms with E-state index in [-0.39, 0.29) is 53.6 Å². The van der Waals surface area contributed by atoms with Gasteiger partial charge >= 0.3 is 0 Å². The zero-order valence-corrected chi connectivity index (χ0v) is 20.9. The number of pyridine rings is 1. The third-order valence-electron chi connectivity index (χ3n) is 7.01. The first-order chi connectivity index (χ1) is 18.6. The molecule has 0 bridgehead atoms. The maximum Gasteiger partial charge on any atom is 0.265 e. The number of halogens is 4. The molecule has 2 atom stereocenters. The predicted molar refractivity (Wildman–Crippen MR) is 135 cm³/mol. The molecule has 0 radical (unpaired) electrons. The third-order valence-corrected chi connectivity index (χ3v) is 7.01. The van der Waals surface area contributed by atoms with Crippen LogP contribution in [0.2, 0.25) is 0 Å². The highest BCUT2D eigenvalue weighted by atomic mass is 19.3. The van der Waals surface area contributed by atoms with Gasteiger partial charge in [-0.05, 0) is 25.0 Å². The van der Waals surface area contributed by atoms with Crippen molar-refractivity contribution in [3.8, 4) is 17.0 Å². The summed E-state index contributed by atoms with van der Waals surface area (Å²) in [5.41, 5.74) is 11.1. The summed E-state index contributed by atoms with van der Waals surface area (Å²) in [6, 6.07) is 3.95. The minimum absolute atomic E-state index is 0.0717. The van der Waals surface area contributed by atoms with Crippen LogP contribution >= 0.6 is 0 Å². The number of imidazole rings is 1. The summed E-state index contributed by atoms with van der Waals surface area (Å²) in [7, 11) is 1.38. The van der Waals surface area contributed by atoms with Gasteiger partial charge < -0.3 is 30.8 Å². The number of hydrogen-bond acceptors (Lipinski definition) is 9. The van der Waals surface area contributed by atoms with E-state index in [2.05, 4.69) is 19.9 Å². The average Bonchev–Trinajstić information content (AvgIpc) is 3.33. The van der Waals surface area contributed by atoms with E-state index in [1.54, 1.807) is 4.90 Å². The third kappa shape index (κ3) is 4.81. The lowest BCUT2D eigenvalue weighted by Crippen LogP contribution is -2.63. The highest BCUT2D eigenvalue weighted by molar-refractivity contribution is 5.81. The second-order valence-corrected chi connectivity index (χ2v) is 9.47. The number of aromatic nitrogens is 5. The molecule has 3 aromatic heterocycles. The van der Waals surface area contributed by atoms with Crippen LogP contribution in [-0.4, -0.2) is 67.9 Å². The molecule has 4 heterocycles. The van der Waals surface area contributed by atoms with Crippen LogP contribution in [0.5, 0.6) is 5.75 Å². The summed E-state index contributed by atoms with van der Waals surface area (Å²) in [5.74, 6) is -1.18. The van der Waals surface area contributed by atoms with E-state index in [9.17, 15) is 18.3 Å². The molecule has 5 N–H and O–H groups in total. The molecule has 4 aromatic rings. The monoisotopic (exact) mass is 546 g/mol. The van der Waals surface area contributed by atoms with Crippen molar-refractivity contribution in [2.45, 2.75) is 37.5 Å². The van der Waals surface area contributed by atoms with Crippen molar-refractivity contribution in [2.24, 2.45) is 5.73 Å². The lowest BCUT2D eigenvalue weighted by atomic mass is 9.84. The number of piperidine rings is 1. The predicted octanol–water partition coefficient (Wildman–Crippen LogP) is 2.73. The minimum Gasteiger partial charge on any atom is -0.497 e. The van der Waals surface area contributed by atoms with Gasteiger partial charge in [-0.25, -0.2) is 32.5 Å². The molecule has 0 spiro atoms. The second kappa shape index (κ2) is 10.3. The maximum atomic E-state index is 16.3. The first-order valence-corrected chi connectivity index (χ1v) is 12.1. The Labute approximate surface area is 220 Å². The van der Waals surface area contributed by atoms with Gasteiger partial charge in [0, 0.05) is 30.3 Å². The number of nitrogens with zero attached hydrogens (tertiary/aromatic N) is 6. The largest absolute Gasteiger partial charge is 0.497 e. The molecule has 14 heteroatoms. The fraction of sp³-hybridized carbons (Fsp3) is 0.360. The number of fused-ring (bicyclic) bond motifs is 1. The van der Waals surface area contributed by atoms with Gasteiger partial charge in [0.05, 0.1) is 37.4 Å². The minimum atomic E-state index is -3.05. The van der Waals surface area contributed by atoms with E-state index in [0.717, 1.165) is 6.07 Å². The van der Waals surface area contributed by atoms with E-state index >= 15 is 4.39 Å². The lowest BCUT2D eigenvalue weighted by Gasteiger charge is -2.44. The standard InChI is InChI=1S/C25H26F4N8O2/c1-39-13-3-4-14(16(26)7-13)19-18(27)15(9-37-12-35-20-23(30)33-11-34-24(20)37)17(8-32-19)36-6-2-5-25(31,10-36)21(38)22(28)29/h3-4,7-8,11-12,21-22,38H,2,5-6,9-10,31H2,1H3,(H2,30,33,34)/t21-,25-/m1/s1. The topological polar surface area (TPSA) is 141 Å². The number of hydrogen-bond donors (Lipinski definition) is 3. The van der Waals surface area contributed by atoms with Gasteiger partial charge in [-0.15, -0.1) is 0 Å². The Morgan fingerprint density at radius 2 is 1.97 bits per heavy atom. The van der Waals surface area contributed by atoms with Crippen LogP contribution in [0.3, 0.4) is 0 Å². The fourth-order valence-electron chi connectivity index (χ4n) is 4.94. The summed E-state index contributed by atoms with van der Waals surface area (Å²) in [4.78, 5) is 18.1. The van der Waals surface area contributed by atoms with Crippen molar-refractivity contribution in [2.75, 3.05) is 30.8 Å². The van der Waals surface area contributed by atoms with Crippen molar-refractivity contribution in [1.82, 2.24) is 24.5 Å². The molecule has 1 saturated heterocycles. The van der Waals surface area contributed by atoms with Gasteiger partial charge in [-0.2, -0.15) is 0 Å². The highest BCUT2D eigenvalue weighted by Crippen LogP contribution is 2.36. The Morgan fingerprint density at radius 1 is 1.18 bits per heavy atom. The molecule has 5 rings (SSSR count). The fourth-order valence-corrected chi connectivity index (χ4v) is 4.94. The first-order valence-electron chi connectivity index (χ1n) is 12.1. The number of ether oxygens (including phenoxy) is 1. The van der Waals surface area contributed by atoms with Crippen molar-refractivity contribution in [3.05, 3.63) is 54.2 Å². The summed E-state index contributed by atoms with van der Waals surface area (Å²) >= 11 is 0. The van der Waals surface area contributed by atoms with Gasteiger partial charge in [0.15, 0.2) is 17.3 Å². The van der Waals surface area contributed by atoms with E-state index in [0.29, 0.717) is 24.1 Å². The molecule has 1 aromatic carbocycles. The smallest absolute Gasteiger partial charge is 0.265 e. The molecule has 0 aliphatic carbocycles. The van der Waals surface area contributed by atoms with Gasteiger partial charge in [-0.1, -0.05) is 0 Å². The zero-order valence-electron chi connectivity index (χ0n) is 20.9. The van der Waals surface area contributed by atoms with Gasteiger partial charge in [-0.3, -0.25) is 4.98 Å².